The van der Waals surface area contributed by atoms with Gasteiger partial charge in [-0.2, -0.15) is 0 Å². The Labute approximate surface area is 174 Å². The zero-order valence-electron chi connectivity index (χ0n) is 16.6. The molecular weight excluding hydrogens is 382 g/mol. The molecular formula is C22H23N5O3. The molecule has 0 spiro atoms. The molecule has 3 aromatic rings. The van der Waals surface area contributed by atoms with Crippen LogP contribution >= 0.6 is 0 Å². The van der Waals surface area contributed by atoms with Gasteiger partial charge in [0.15, 0.2) is 11.5 Å². The molecule has 30 heavy (non-hydrogen) atoms. The van der Waals surface area contributed by atoms with Crippen LogP contribution in [0.2, 0.25) is 0 Å². The summed E-state index contributed by atoms with van der Waals surface area (Å²) in [4.78, 5) is 32.2. The Morgan fingerprint density at radius 3 is 2.70 bits per heavy atom. The lowest BCUT2D eigenvalue weighted by atomic mass is 10.1. The average Bonchev–Trinajstić information content (AvgIpc) is 2.74. The Morgan fingerprint density at radius 2 is 1.93 bits per heavy atom. The van der Waals surface area contributed by atoms with Crippen LogP contribution in [0.3, 0.4) is 0 Å². The maximum absolute atomic E-state index is 12.6. The van der Waals surface area contributed by atoms with Crippen LogP contribution in [0.5, 0.6) is 5.75 Å². The standard InChI is InChI=1S/C22H23N5O3/c1-2-30-18-9-4-3-7-16(18)12-26-22(29)15-8-5-6-14(10-15)11-17-13-25-20(23)19(27-17)21(24)28/h3-10,13H,2,11-12H2,1H3,(H2,23,25)(H2,24,28)(H,26,29). The van der Waals surface area contributed by atoms with Gasteiger partial charge in [-0.05, 0) is 30.7 Å². The molecule has 8 nitrogen and oxygen atoms in total. The number of anilines is 1. The number of hydrogen-bond donors (Lipinski definition) is 3. The van der Waals surface area contributed by atoms with Crippen LogP contribution in [-0.4, -0.2) is 28.4 Å². The molecule has 0 atom stereocenters. The summed E-state index contributed by atoms with van der Waals surface area (Å²) in [7, 11) is 0. The van der Waals surface area contributed by atoms with Crippen molar-refractivity contribution < 1.29 is 14.3 Å². The molecule has 0 radical (unpaired) electrons. The third-order valence-corrected chi connectivity index (χ3v) is 4.37. The molecule has 3 rings (SSSR count). The molecule has 1 heterocycles. The number of nitrogens with one attached hydrogen (secondary N) is 1. The van der Waals surface area contributed by atoms with E-state index in [0.29, 0.717) is 30.8 Å². The molecule has 2 aromatic carbocycles. The van der Waals surface area contributed by atoms with Gasteiger partial charge in [0, 0.05) is 24.1 Å². The van der Waals surface area contributed by atoms with E-state index in [9.17, 15) is 9.59 Å². The van der Waals surface area contributed by atoms with E-state index in [0.717, 1.165) is 16.9 Å². The molecule has 0 saturated carbocycles. The van der Waals surface area contributed by atoms with Gasteiger partial charge in [-0.25, -0.2) is 9.97 Å². The first-order valence-electron chi connectivity index (χ1n) is 9.47. The van der Waals surface area contributed by atoms with Gasteiger partial charge in [0.25, 0.3) is 11.8 Å². The Hall–Kier alpha value is -3.94. The number of rotatable bonds is 8. The molecule has 0 aliphatic rings. The van der Waals surface area contributed by atoms with Crippen molar-refractivity contribution in [2.45, 2.75) is 19.9 Å². The number of benzene rings is 2. The Bertz CT molecular complexity index is 1070. The van der Waals surface area contributed by atoms with E-state index in [-0.39, 0.29) is 17.4 Å². The number of primary amides is 1. The highest BCUT2D eigenvalue weighted by Crippen LogP contribution is 2.18. The first-order valence-corrected chi connectivity index (χ1v) is 9.47. The van der Waals surface area contributed by atoms with E-state index in [2.05, 4.69) is 15.3 Å². The summed E-state index contributed by atoms with van der Waals surface area (Å²) in [6.45, 7) is 2.82. The van der Waals surface area contributed by atoms with Crippen molar-refractivity contribution >= 4 is 17.6 Å². The van der Waals surface area contributed by atoms with Gasteiger partial charge in [0.05, 0.1) is 18.5 Å². The fourth-order valence-electron chi connectivity index (χ4n) is 2.96. The third kappa shape index (κ3) is 5.11. The minimum atomic E-state index is -0.734. The van der Waals surface area contributed by atoms with Crippen LogP contribution in [0.25, 0.3) is 0 Å². The number of hydrogen-bond acceptors (Lipinski definition) is 6. The predicted octanol–water partition coefficient (Wildman–Crippen LogP) is 2.08. The van der Waals surface area contributed by atoms with Crippen molar-refractivity contribution in [2.75, 3.05) is 12.3 Å². The first-order chi connectivity index (χ1) is 14.5. The number of carbonyl (C=O) groups is 2. The summed E-state index contributed by atoms with van der Waals surface area (Å²) in [5.74, 6) is -0.195. The minimum Gasteiger partial charge on any atom is -0.494 e. The summed E-state index contributed by atoms with van der Waals surface area (Å²) < 4.78 is 5.59. The van der Waals surface area contributed by atoms with Crippen LogP contribution in [0.4, 0.5) is 5.82 Å². The lowest BCUT2D eigenvalue weighted by Gasteiger charge is -2.11. The number of carbonyl (C=O) groups excluding carboxylic acids is 2. The number of para-hydroxylation sites is 1. The van der Waals surface area contributed by atoms with Crippen LogP contribution in [0, 0.1) is 0 Å². The molecule has 0 unspecified atom stereocenters. The van der Waals surface area contributed by atoms with E-state index >= 15 is 0 Å². The van der Waals surface area contributed by atoms with Crippen LogP contribution < -0.4 is 21.5 Å². The lowest BCUT2D eigenvalue weighted by Crippen LogP contribution is -2.23. The second-order valence-corrected chi connectivity index (χ2v) is 6.56. The minimum absolute atomic E-state index is 0.00767. The molecule has 0 bridgehead atoms. The van der Waals surface area contributed by atoms with Gasteiger partial charge in [0.1, 0.15) is 5.75 Å². The van der Waals surface area contributed by atoms with Gasteiger partial charge >= 0.3 is 0 Å². The van der Waals surface area contributed by atoms with E-state index in [1.54, 1.807) is 18.2 Å². The van der Waals surface area contributed by atoms with Gasteiger partial charge in [-0.15, -0.1) is 0 Å². The maximum atomic E-state index is 12.6. The van der Waals surface area contributed by atoms with Crippen molar-refractivity contribution in [2.24, 2.45) is 5.73 Å². The number of aromatic nitrogens is 2. The van der Waals surface area contributed by atoms with Crippen molar-refractivity contribution in [3.05, 3.63) is 82.8 Å². The monoisotopic (exact) mass is 405 g/mol. The van der Waals surface area contributed by atoms with Crippen LogP contribution in [0.15, 0.2) is 54.7 Å². The van der Waals surface area contributed by atoms with Crippen molar-refractivity contribution in [1.82, 2.24) is 15.3 Å². The average molecular weight is 405 g/mol. The van der Waals surface area contributed by atoms with Crippen molar-refractivity contribution in [3.8, 4) is 5.75 Å². The van der Waals surface area contributed by atoms with Crippen LogP contribution in [0.1, 0.15) is 44.6 Å². The van der Waals surface area contributed by atoms with Crippen molar-refractivity contribution in [1.29, 1.82) is 0 Å². The lowest BCUT2D eigenvalue weighted by molar-refractivity contribution is 0.0949. The molecule has 0 fully saturated rings. The predicted molar refractivity (Wildman–Crippen MR) is 113 cm³/mol. The topological polar surface area (TPSA) is 133 Å². The summed E-state index contributed by atoms with van der Waals surface area (Å²) in [6, 6.07) is 14.7. The number of nitrogen functional groups attached to an aromatic ring is 1. The number of nitrogens with two attached hydrogens (primary N) is 2. The molecule has 5 N–H and O–H groups in total. The molecule has 0 aliphatic heterocycles. The SMILES string of the molecule is CCOc1ccccc1CNC(=O)c1cccc(Cc2cnc(N)c(C(N)=O)n2)c1. The molecule has 1 aromatic heterocycles. The number of nitrogens with zero attached hydrogens (tertiary/aromatic N) is 2. The van der Waals surface area contributed by atoms with Crippen molar-refractivity contribution in [3.63, 3.8) is 0 Å². The number of amides is 2. The van der Waals surface area contributed by atoms with E-state index in [1.807, 2.05) is 37.3 Å². The highest BCUT2D eigenvalue weighted by atomic mass is 16.5. The van der Waals surface area contributed by atoms with Crippen LogP contribution in [-0.2, 0) is 13.0 Å². The summed E-state index contributed by atoms with van der Waals surface area (Å²) in [6.07, 6.45) is 1.86. The van der Waals surface area contributed by atoms with E-state index < -0.39 is 5.91 Å². The molecule has 0 aliphatic carbocycles. The third-order valence-electron chi connectivity index (χ3n) is 4.37. The largest absolute Gasteiger partial charge is 0.494 e. The highest BCUT2D eigenvalue weighted by Gasteiger charge is 2.12. The fraction of sp³-hybridized carbons (Fsp3) is 0.182. The van der Waals surface area contributed by atoms with Gasteiger partial charge in [-0.3, -0.25) is 9.59 Å². The molecule has 0 saturated heterocycles. The zero-order chi connectivity index (χ0) is 21.5. The first kappa shape index (κ1) is 20.8. The maximum Gasteiger partial charge on any atom is 0.271 e. The smallest absolute Gasteiger partial charge is 0.271 e. The van der Waals surface area contributed by atoms with Gasteiger partial charge in [-0.1, -0.05) is 30.3 Å². The molecule has 2 amide bonds. The summed E-state index contributed by atoms with van der Waals surface area (Å²) in [5.41, 5.74) is 13.6. The molecule has 8 heteroatoms. The fourth-order valence-corrected chi connectivity index (χ4v) is 2.96. The summed E-state index contributed by atoms with van der Waals surface area (Å²) >= 11 is 0. The molecule has 154 valence electrons. The van der Waals surface area contributed by atoms with Gasteiger partial charge in [0.2, 0.25) is 0 Å². The highest BCUT2D eigenvalue weighted by molar-refractivity contribution is 5.95. The van der Waals surface area contributed by atoms with E-state index in [1.165, 1.54) is 6.20 Å². The van der Waals surface area contributed by atoms with Gasteiger partial charge < -0.3 is 21.5 Å². The second kappa shape index (κ2) is 9.51. The second-order valence-electron chi connectivity index (χ2n) is 6.56. The Balaban J connectivity index is 1.70. The Morgan fingerprint density at radius 1 is 1.13 bits per heavy atom. The normalized spacial score (nSPS) is 10.4. The Kier molecular flexibility index (Phi) is 6.59. The zero-order valence-corrected chi connectivity index (χ0v) is 16.6. The summed E-state index contributed by atoms with van der Waals surface area (Å²) in [5, 5.41) is 2.91. The quantitative estimate of drug-likeness (QED) is 0.525. The number of ether oxygens (including phenoxy) is 1. The van der Waals surface area contributed by atoms with E-state index in [4.69, 9.17) is 16.2 Å².